The molecule has 1 unspecified atom stereocenters. The van der Waals surface area contributed by atoms with Crippen molar-refractivity contribution in [1.82, 2.24) is 10.6 Å². The van der Waals surface area contributed by atoms with Gasteiger partial charge in [0.05, 0.1) is 18.0 Å². The number of carbonyl (C=O) groups is 4. The average Bonchev–Trinajstić information content (AvgIpc) is 3.29. The van der Waals surface area contributed by atoms with Crippen LogP contribution in [0.5, 0.6) is 11.5 Å². The number of aliphatic carboxylic acids is 2. The van der Waals surface area contributed by atoms with Crippen LogP contribution in [0.15, 0.2) is 30.3 Å². The fraction of sp³-hybridized carbons (Fsp3) is 0.391. The first-order chi connectivity index (χ1) is 17.4. The van der Waals surface area contributed by atoms with E-state index < -0.39 is 42.5 Å². The van der Waals surface area contributed by atoms with E-state index in [-0.39, 0.29) is 5.75 Å². The summed E-state index contributed by atoms with van der Waals surface area (Å²) in [6.07, 6.45) is -5.21. The van der Waals surface area contributed by atoms with Gasteiger partial charge >= 0.3 is 18.1 Å². The third-order valence-electron chi connectivity index (χ3n) is 4.70. The maximum absolute atomic E-state index is 12.5. The molecule has 1 aromatic carbocycles. The van der Waals surface area contributed by atoms with E-state index in [1.54, 1.807) is 24.3 Å². The Morgan fingerprint density at radius 3 is 2.38 bits per heavy atom. The first-order valence-electron chi connectivity index (χ1n) is 11.0. The number of carboxylic acid groups (broad SMARTS) is 2. The molecule has 2 heterocycles. The zero-order valence-electron chi connectivity index (χ0n) is 19.6. The summed E-state index contributed by atoms with van der Waals surface area (Å²) in [7, 11) is 0. The van der Waals surface area contributed by atoms with Crippen LogP contribution in [-0.4, -0.2) is 65.8 Å². The number of alkyl halides is 3. The molecule has 202 valence electrons. The minimum atomic E-state index is -5.08. The summed E-state index contributed by atoms with van der Waals surface area (Å²) in [6, 6.07) is 8.37. The number of nitrogens with one attached hydrogen (secondary N) is 2. The molecular formula is C23H25F3N2O8S. The number of para-hydroxylation sites is 2. The summed E-state index contributed by atoms with van der Waals surface area (Å²) in [5, 5.41) is 22.3. The lowest BCUT2D eigenvalue weighted by atomic mass is 10.1. The Bertz CT molecular complexity index is 1100. The molecule has 0 spiro atoms. The van der Waals surface area contributed by atoms with Gasteiger partial charge in [0.1, 0.15) is 0 Å². The van der Waals surface area contributed by atoms with Gasteiger partial charge in [-0.1, -0.05) is 19.1 Å². The quantitative estimate of drug-likeness (QED) is 0.330. The predicted octanol–water partition coefficient (Wildman–Crippen LogP) is 2.65. The van der Waals surface area contributed by atoms with Gasteiger partial charge in [-0.25, -0.2) is 9.59 Å². The summed E-state index contributed by atoms with van der Waals surface area (Å²) in [5.41, 5.74) is 1.08. The number of amides is 1. The van der Waals surface area contributed by atoms with Crippen molar-refractivity contribution in [2.45, 2.75) is 38.6 Å². The molecule has 10 nitrogen and oxygen atoms in total. The number of halogens is 3. The van der Waals surface area contributed by atoms with Crippen LogP contribution >= 0.6 is 11.3 Å². The number of ketones is 1. The van der Waals surface area contributed by atoms with Gasteiger partial charge in [0.2, 0.25) is 5.78 Å². The summed E-state index contributed by atoms with van der Waals surface area (Å²) in [4.78, 5) is 47.1. The molecule has 0 radical (unpaired) electrons. The zero-order chi connectivity index (χ0) is 27.6. The molecule has 0 aliphatic carbocycles. The van der Waals surface area contributed by atoms with E-state index in [9.17, 15) is 32.7 Å². The molecule has 4 N–H and O–H groups in total. The highest BCUT2D eigenvalue weighted by atomic mass is 32.1. The van der Waals surface area contributed by atoms with Crippen LogP contribution in [0.4, 0.5) is 13.2 Å². The monoisotopic (exact) mass is 546 g/mol. The lowest BCUT2D eigenvalue weighted by molar-refractivity contribution is -0.192. The van der Waals surface area contributed by atoms with E-state index in [1.165, 1.54) is 17.4 Å². The highest BCUT2D eigenvalue weighted by molar-refractivity contribution is 7.14. The van der Waals surface area contributed by atoms with Crippen LogP contribution in [0.25, 0.3) is 0 Å². The van der Waals surface area contributed by atoms with Crippen molar-refractivity contribution >= 4 is 35.0 Å². The van der Waals surface area contributed by atoms with Crippen molar-refractivity contribution in [3.63, 3.8) is 0 Å². The maximum atomic E-state index is 12.5. The van der Waals surface area contributed by atoms with Gasteiger partial charge in [-0.05, 0) is 36.6 Å². The van der Waals surface area contributed by atoms with Gasteiger partial charge in [0, 0.05) is 18.0 Å². The van der Waals surface area contributed by atoms with Crippen molar-refractivity contribution in [2.75, 3.05) is 19.7 Å². The lowest BCUT2D eigenvalue weighted by Gasteiger charge is -2.17. The van der Waals surface area contributed by atoms with Gasteiger partial charge in [0.25, 0.3) is 12.0 Å². The first-order valence-corrected chi connectivity index (χ1v) is 11.8. The molecule has 37 heavy (non-hydrogen) atoms. The second kappa shape index (κ2) is 13.6. The molecule has 1 amide bonds. The second-order valence-electron chi connectivity index (χ2n) is 7.57. The van der Waals surface area contributed by atoms with Gasteiger partial charge in [-0.15, -0.1) is 11.3 Å². The van der Waals surface area contributed by atoms with Gasteiger partial charge < -0.3 is 30.3 Å². The topological polar surface area (TPSA) is 151 Å². The summed E-state index contributed by atoms with van der Waals surface area (Å²) < 4.78 is 42.7. The predicted molar refractivity (Wildman–Crippen MR) is 125 cm³/mol. The molecular weight excluding hydrogens is 521 g/mol. The number of hydrogen-bond acceptors (Lipinski definition) is 8. The number of rotatable bonds is 10. The van der Waals surface area contributed by atoms with E-state index in [2.05, 4.69) is 10.6 Å². The van der Waals surface area contributed by atoms with Crippen LogP contribution in [-0.2, 0) is 27.3 Å². The maximum Gasteiger partial charge on any atom is 0.490 e. The Balaban J connectivity index is 0.000000604. The Labute approximate surface area is 213 Å². The number of thiophene rings is 1. The number of carboxylic acids is 2. The number of carbonyl (C=O) groups excluding carboxylic acids is 2. The Hall–Kier alpha value is -3.65. The molecule has 0 saturated carbocycles. The molecule has 1 atom stereocenters. The third-order valence-corrected chi connectivity index (χ3v) is 5.94. The van der Waals surface area contributed by atoms with Gasteiger partial charge in [0.15, 0.2) is 11.5 Å². The number of fused-ring (bicyclic) bond motifs is 1. The van der Waals surface area contributed by atoms with Crippen molar-refractivity contribution in [1.29, 1.82) is 0 Å². The largest absolute Gasteiger partial charge is 0.490 e. The number of benzene rings is 1. The molecule has 0 bridgehead atoms. The molecule has 1 aliphatic rings. The van der Waals surface area contributed by atoms with Crippen molar-refractivity contribution in [3.8, 4) is 11.5 Å². The van der Waals surface area contributed by atoms with Crippen LogP contribution in [0.2, 0.25) is 0 Å². The molecule has 0 saturated heterocycles. The number of ether oxygens (including phenoxy) is 2. The lowest BCUT2D eigenvalue weighted by Crippen LogP contribution is -2.42. The number of Topliss-reactive ketones (excluding diaryl/α,β-unsaturated/α-hetero) is 1. The van der Waals surface area contributed by atoms with Crippen LogP contribution in [0.3, 0.4) is 0 Å². The highest BCUT2D eigenvalue weighted by Crippen LogP contribution is 2.28. The highest BCUT2D eigenvalue weighted by Gasteiger charge is 2.38. The Kier molecular flexibility index (Phi) is 10.9. The molecule has 3 rings (SSSR count). The molecule has 1 aliphatic heterocycles. The van der Waals surface area contributed by atoms with Gasteiger partial charge in [-0.3, -0.25) is 9.59 Å². The van der Waals surface area contributed by atoms with Crippen LogP contribution in [0.1, 0.15) is 33.5 Å². The van der Waals surface area contributed by atoms with E-state index in [1.807, 2.05) is 6.92 Å². The van der Waals surface area contributed by atoms with Crippen LogP contribution in [0, 0.1) is 0 Å². The number of hydrogen-bond donors (Lipinski definition) is 4. The van der Waals surface area contributed by atoms with E-state index >= 15 is 0 Å². The first kappa shape index (κ1) is 29.6. The second-order valence-corrected chi connectivity index (χ2v) is 8.71. The normalized spacial score (nSPS) is 13.3. The zero-order valence-corrected chi connectivity index (χ0v) is 20.4. The van der Waals surface area contributed by atoms with E-state index in [4.69, 9.17) is 19.4 Å². The Morgan fingerprint density at radius 2 is 1.81 bits per heavy atom. The fourth-order valence-corrected chi connectivity index (χ4v) is 4.07. The summed E-state index contributed by atoms with van der Waals surface area (Å²) >= 11 is 1.39. The third kappa shape index (κ3) is 9.06. The molecule has 14 heteroatoms. The summed E-state index contributed by atoms with van der Waals surface area (Å²) in [6.45, 7) is 3.51. The SMILES string of the molecule is CCCOc1ccccc1OC(C(=O)O)C(=O)CNC(=O)c1cc2c(s1)CCNC2.O=C(O)C(F)(F)F. The average molecular weight is 547 g/mol. The minimum Gasteiger partial charge on any atom is -0.490 e. The fourth-order valence-electron chi connectivity index (χ4n) is 2.97. The molecule has 0 fully saturated rings. The summed E-state index contributed by atoms with van der Waals surface area (Å²) in [5.74, 6) is -4.83. The Morgan fingerprint density at radius 1 is 1.16 bits per heavy atom. The van der Waals surface area contributed by atoms with Crippen molar-refractivity contribution < 1.29 is 52.0 Å². The molecule has 1 aromatic heterocycles. The van der Waals surface area contributed by atoms with E-state index in [0.717, 1.165) is 29.8 Å². The van der Waals surface area contributed by atoms with Crippen molar-refractivity contribution in [2.24, 2.45) is 0 Å². The van der Waals surface area contributed by atoms with Gasteiger partial charge in [-0.2, -0.15) is 13.2 Å². The molecule has 2 aromatic rings. The van der Waals surface area contributed by atoms with Crippen molar-refractivity contribution in [3.05, 3.63) is 45.6 Å². The standard InChI is InChI=1S/C21H24N2O6S.C2HF3O2/c1-2-9-28-15-5-3-4-6-16(15)29-19(21(26)27)14(24)12-23-20(25)18-10-13-11-22-8-7-17(13)30-18;3-2(4,5)1(6)7/h3-6,10,19,22H,2,7-9,11-12H2,1H3,(H,23,25)(H,26,27);(H,6,7). The smallest absolute Gasteiger partial charge is 0.490 e. The minimum absolute atomic E-state index is 0.163. The van der Waals surface area contributed by atoms with Crippen LogP contribution < -0.4 is 20.1 Å². The van der Waals surface area contributed by atoms with E-state index in [0.29, 0.717) is 23.8 Å².